The van der Waals surface area contributed by atoms with Crippen LogP contribution in [0.15, 0.2) is 0 Å². The van der Waals surface area contributed by atoms with Gasteiger partial charge in [-0.3, -0.25) is 4.90 Å². The monoisotopic (exact) mass is 214 g/mol. The van der Waals surface area contributed by atoms with Crippen LogP contribution in [0.2, 0.25) is 0 Å². The lowest BCUT2D eigenvalue weighted by Crippen LogP contribution is -2.36. The molecule has 1 aliphatic carbocycles. The molecule has 1 saturated heterocycles. The van der Waals surface area contributed by atoms with Gasteiger partial charge in [0.1, 0.15) is 0 Å². The molecule has 2 unspecified atom stereocenters. The van der Waals surface area contributed by atoms with Gasteiger partial charge in [0.15, 0.2) is 0 Å². The maximum atomic E-state index is 3.68. The summed E-state index contributed by atoms with van der Waals surface area (Å²) in [5.41, 5.74) is 0. The van der Waals surface area contributed by atoms with Gasteiger partial charge >= 0.3 is 0 Å². The summed E-state index contributed by atoms with van der Waals surface area (Å²) in [6, 6.07) is 1.73. The fourth-order valence-electron chi connectivity index (χ4n) is 2.14. The fourth-order valence-corrected chi connectivity index (χ4v) is 2.40. The van der Waals surface area contributed by atoms with E-state index in [-0.39, 0.29) is 0 Å². The Labute approximate surface area is 91.8 Å². The molecule has 0 aromatic carbocycles. The average Bonchev–Trinajstić information content (AvgIpc) is 2.95. The van der Waals surface area contributed by atoms with Crippen LogP contribution in [0.3, 0.4) is 0 Å². The lowest BCUT2D eigenvalue weighted by Gasteiger charge is -2.17. The second-order valence-corrected chi connectivity index (χ2v) is 5.94. The van der Waals surface area contributed by atoms with Crippen LogP contribution in [0.25, 0.3) is 0 Å². The molecule has 2 aliphatic rings. The van der Waals surface area contributed by atoms with Gasteiger partial charge in [-0.1, -0.05) is 6.92 Å². The highest BCUT2D eigenvalue weighted by molar-refractivity contribution is 7.99. The Morgan fingerprint density at radius 2 is 2.21 bits per heavy atom. The zero-order valence-corrected chi connectivity index (χ0v) is 10.1. The lowest BCUT2D eigenvalue weighted by molar-refractivity contribution is 0.318. The Morgan fingerprint density at radius 3 is 2.86 bits per heavy atom. The SMILES string of the molecule is CSC(C)CNC1CCN(C2CC2)C1. The zero-order valence-electron chi connectivity index (χ0n) is 9.33. The number of thioether (sulfide) groups is 1. The van der Waals surface area contributed by atoms with E-state index in [4.69, 9.17) is 0 Å². The van der Waals surface area contributed by atoms with E-state index < -0.39 is 0 Å². The van der Waals surface area contributed by atoms with Gasteiger partial charge in [0.2, 0.25) is 0 Å². The Kier molecular flexibility index (Phi) is 3.74. The predicted molar refractivity (Wildman–Crippen MR) is 64.0 cm³/mol. The lowest BCUT2D eigenvalue weighted by atomic mass is 10.2. The second kappa shape index (κ2) is 4.86. The molecule has 0 amide bonds. The Hall–Kier alpha value is 0.270. The predicted octanol–water partition coefficient (Wildman–Crippen LogP) is 1.56. The van der Waals surface area contributed by atoms with E-state index >= 15 is 0 Å². The van der Waals surface area contributed by atoms with E-state index in [1.54, 1.807) is 0 Å². The maximum absolute atomic E-state index is 3.68. The van der Waals surface area contributed by atoms with Crippen molar-refractivity contribution >= 4 is 11.8 Å². The van der Waals surface area contributed by atoms with Gasteiger partial charge in [-0.25, -0.2) is 0 Å². The van der Waals surface area contributed by atoms with E-state index in [9.17, 15) is 0 Å². The summed E-state index contributed by atoms with van der Waals surface area (Å²) in [6.45, 7) is 6.09. The van der Waals surface area contributed by atoms with Crippen LogP contribution in [0.5, 0.6) is 0 Å². The fraction of sp³-hybridized carbons (Fsp3) is 1.00. The summed E-state index contributed by atoms with van der Waals surface area (Å²) < 4.78 is 0. The van der Waals surface area contributed by atoms with E-state index in [2.05, 4.69) is 23.4 Å². The van der Waals surface area contributed by atoms with E-state index in [1.807, 2.05) is 11.8 Å². The minimum absolute atomic E-state index is 0.755. The first-order valence-corrected chi connectivity index (χ1v) is 7.08. The van der Waals surface area contributed by atoms with Gasteiger partial charge in [0.05, 0.1) is 0 Å². The van der Waals surface area contributed by atoms with Crippen molar-refractivity contribution < 1.29 is 0 Å². The highest BCUT2D eigenvalue weighted by Gasteiger charge is 2.34. The molecule has 2 fully saturated rings. The summed E-state index contributed by atoms with van der Waals surface area (Å²) >= 11 is 1.95. The van der Waals surface area contributed by atoms with E-state index in [0.717, 1.165) is 17.3 Å². The van der Waals surface area contributed by atoms with Crippen LogP contribution in [0, 0.1) is 0 Å². The first kappa shape index (κ1) is 10.8. The molecular weight excluding hydrogens is 192 g/mol. The maximum Gasteiger partial charge on any atom is 0.0207 e. The van der Waals surface area contributed by atoms with E-state index in [0.29, 0.717) is 0 Å². The Balaban J connectivity index is 1.63. The average molecular weight is 214 g/mol. The van der Waals surface area contributed by atoms with Crippen molar-refractivity contribution in [3.63, 3.8) is 0 Å². The third-order valence-electron chi connectivity index (χ3n) is 3.38. The summed E-state index contributed by atoms with van der Waals surface area (Å²) in [5, 5.41) is 4.44. The second-order valence-electron chi connectivity index (χ2n) is 4.67. The van der Waals surface area contributed by atoms with Crippen molar-refractivity contribution in [1.82, 2.24) is 10.2 Å². The number of rotatable bonds is 5. The molecule has 2 nitrogen and oxygen atoms in total. The third-order valence-corrected chi connectivity index (χ3v) is 4.35. The van der Waals surface area contributed by atoms with Crippen LogP contribution in [0.4, 0.5) is 0 Å². The molecule has 82 valence electrons. The first-order valence-electron chi connectivity index (χ1n) is 5.80. The molecule has 0 spiro atoms. The van der Waals surface area contributed by atoms with Gasteiger partial charge in [0.25, 0.3) is 0 Å². The molecule has 0 radical (unpaired) electrons. The van der Waals surface area contributed by atoms with Crippen molar-refractivity contribution in [3.8, 4) is 0 Å². The molecule has 1 saturated carbocycles. The van der Waals surface area contributed by atoms with E-state index in [1.165, 1.54) is 38.9 Å². The molecule has 14 heavy (non-hydrogen) atoms. The number of nitrogens with zero attached hydrogens (tertiary/aromatic N) is 1. The molecule has 1 heterocycles. The van der Waals surface area contributed by atoms with Crippen molar-refractivity contribution in [1.29, 1.82) is 0 Å². The first-order chi connectivity index (χ1) is 6.79. The third kappa shape index (κ3) is 2.88. The van der Waals surface area contributed by atoms with Crippen LogP contribution in [0.1, 0.15) is 26.2 Å². The van der Waals surface area contributed by atoms with Crippen LogP contribution >= 0.6 is 11.8 Å². The molecule has 0 bridgehead atoms. The number of nitrogens with one attached hydrogen (secondary N) is 1. The van der Waals surface area contributed by atoms with Crippen molar-refractivity contribution in [2.45, 2.75) is 43.5 Å². The Bertz CT molecular complexity index is 182. The molecule has 1 N–H and O–H groups in total. The minimum atomic E-state index is 0.755. The van der Waals surface area contributed by atoms with Crippen molar-refractivity contribution in [2.24, 2.45) is 0 Å². The largest absolute Gasteiger partial charge is 0.312 e. The van der Waals surface area contributed by atoms with Gasteiger partial charge < -0.3 is 5.32 Å². The molecule has 2 rings (SSSR count). The molecular formula is C11H22N2S. The van der Waals surface area contributed by atoms with Crippen molar-refractivity contribution in [2.75, 3.05) is 25.9 Å². The molecule has 3 heteroatoms. The summed E-state index contributed by atoms with van der Waals surface area (Å²) in [5.74, 6) is 0. The quantitative estimate of drug-likeness (QED) is 0.748. The van der Waals surface area contributed by atoms with Crippen LogP contribution in [-0.4, -0.2) is 48.1 Å². The van der Waals surface area contributed by atoms with Crippen molar-refractivity contribution in [3.05, 3.63) is 0 Å². The summed E-state index contributed by atoms with van der Waals surface area (Å²) in [7, 11) is 0. The Morgan fingerprint density at radius 1 is 1.43 bits per heavy atom. The smallest absolute Gasteiger partial charge is 0.0207 e. The van der Waals surface area contributed by atoms with Gasteiger partial charge in [-0.05, 0) is 25.5 Å². The van der Waals surface area contributed by atoms with Gasteiger partial charge in [0, 0.05) is 37.0 Å². The topological polar surface area (TPSA) is 15.3 Å². The number of hydrogen-bond donors (Lipinski definition) is 1. The molecule has 1 aliphatic heterocycles. The summed E-state index contributed by atoms with van der Waals surface area (Å²) in [4.78, 5) is 2.67. The van der Waals surface area contributed by atoms with Gasteiger partial charge in [-0.2, -0.15) is 11.8 Å². The van der Waals surface area contributed by atoms with Crippen LogP contribution in [-0.2, 0) is 0 Å². The van der Waals surface area contributed by atoms with Gasteiger partial charge in [-0.15, -0.1) is 0 Å². The van der Waals surface area contributed by atoms with Crippen LogP contribution < -0.4 is 5.32 Å². The number of likely N-dealkylation sites (tertiary alicyclic amines) is 1. The molecule has 0 aromatic heterocycles. The highest BCUT2D eigenvalue weighted by atomic mass is 32.2. The summed E-state index contributed by atoms with van der Waals surface area (Å²) in [6.07, 6.45) is 6.46. The standard InChI is InChI=1S/C11H22N2S/c1-9(14-2)7-12-10-5-6-13(8-10)11-3-4-11/h9-12H,3-8H2,1-2H3. The highest BCUT2D eigenvalue weighted by Crippen LogP contribution is 2.29. The minimum Gasteiger partial charge on any atom is -0.312 e. The normalized spacial score (nSPS) is 30.9. The molecule has 2 atom stereocenters. The zero-order chi connectivity index (χ0) is 9.97. The molecule has 0 aromatic rings. The number of hydrogen-bond acceptors (Lipinski definition) is 3.